The number of ether oxygens (including phenoxy) is 3. The molecular formula is C16H23NO4. The molecule has 5 nitrogen and oxygen atoms in total. The topological polar surface area (TPSA) is 70.8 Å². The van der Waals surface area contributed by atoms with Crippen LogP contribution in [0.15, 0.2) is 18.2 Å². The van der Waals surface area contributed by atoms with Crippen molar-refractivity contribution in [3.05, 3.63) is 29.3 Å². The molecule has 2 N–H and O–H groups in total. The largest absolute Gasteiger partial charge is 0.496 e. The quantitative estimate of drug-likeness (QED) is 0.615. The van der Waals surface area contributed by atoms with E-state index in [9.17, 15) is 4.79 Å². The fourth-order valence-corrected chi connectivity index (χ4v) is 2.71. The molecule has 21 heavy (non-hydrogen) atoms. The Labute approximate surface area is 125 Å². The second kappa shape index (κ2) is 7.43. The zero-order chi connectivity index (χ0) is 15.2. The Morgan fingerprint density at radius 3 is 2.95 bits per heavy atom. The SMILES string of the molecule is CCOC(=O)CCCOC1c2c(cccc2OC)CC1N. The molecule has 1 aliphatic rings. The van der Waals surface area contributed by atoms with Crippen LogP contribution < -0.4 is 10.5 Å². The summed E-state index contributed by atoms with van der Waals surface area (Å²) in [4.78, 5) is 11.3. The van der Waals surface area contributed by atoms with E-state index in [2.05, 4.69) is 6.07 Å². The number of fused-ring (bicyclic) bond motifs is 1. The Morgan fingerprint density at radius 1 is 1.43 bits per heavy atom. The highest BCUT2D eigenvalue weighted by atomic mass is 16.5. The molecule has 1 aromatic rings. The zero-order valence-electron chi connectivity index (χ0n) is 12.6. The van der Waals surface area contributed by atoms with E-state index in [1.807, 2.05) is 12.1 Å². The van der Waals surface area contributed by atoms with Gasteiger partial charge in [0.05, 0.1) is 13.7 Å². The van der Waals surface area contributed by atoms with E-state index in [0.29, 0.717) is 26.1 Å². The van der Waals surface area contributed by atoms with Gasteiger partial charge in [0.25, 0.3) is 0 Å². The molecule has 0 aromatic heterocycles. The van der Waals surface area contributed by atoms with Gasteiger partial charge in [0.15, 0.2) is 0 Å². The third kappa shape index (κ3) is 3.74. The minimum atomic E-state index is -0.185. The molecule has 2 rings (SSSR count). The Balaban J connectivity index is 1.92. The summed E-state index contributed by atoms with van der Waals surface area (Å²) in [5.41, 5.74) is 8.39. The predicted octanol–water partition coefficient (Wildman–Crippen LogP) is 1.98. The molecule has 0 radical (unpaired) electrons. The van der Waals surface area contributed by atoms with Gasteiger partial charge >= 0.3 is 5.97 Å². The lowest BCUT2D eigenvalue weighted by molar-refractivity contribution is -0.143. The summed E-state index contributed by atoms with van der Waals surface area (Å²) in [6.45, 7) is 2.70. The molecule has 1 aliphatic carbocycles. The van der Waals surface area contributed by atoms with Gasteiger partial charge in [-0.3, -0.25) is 4.79 Å². The molecule has 0 bridgehead atoms. The lowest BCUT2D eigenvalue weighted by atomic mass is 10.1. The van der Waals surface area contributed by atoms with Crippen LogP contribution in [0.4, 0.5) is 0 Å². The Hall–Kier alpha value is -1.59. The Morgan fingerprint density at radius 2 is 2.24 bits per heavy atom. The van der Waals surface area contributed by atoms with Crippen LogP contribution in [0.3, 0.4) is 0 Å². The van der Waals surface area contributed by atoms with E-state index < -0.39 is 0 Å². The van der Waals surface area contributed by atoms with Crippen molar-refractivity contribution < 1.29 is 19.0 Å². The van der Waals surface area contributed by atoms with Gasteiger partial charge in [-0.15, -0.1) is 0 Å². The number of hydrogen-bond donors (Lipinski definition) is 1. The number of rotatable bonds is 7. The van der Waals surface area contributed by atoms with E-state index in [4.69, 9.17) is 19.9 Å². The molecule has 0 amide bonds. The monoisotopic (exact) mass is 293 g/mol. The third-order valence-corrected chi connectivity index (χ3v) is 3.63. The first kappa shape index (κ1) is 15.8. The van der Waals surface area contributed by atoms with E-state index in [-0.39, 0.29) is 18.1 Å². The van der Waals surface area contributed by atoms with Crippen molar-refractivity contribution in [3.8, 4) is 5.75 Å². The normalized spacial score (nSPS) is 20.1. The second-order valence-electron chi connectivity index (χ2n) is 5.10. The van der Waals surface area contributed by atoms with Gasteiger partial charge in [-0.25, -0.2) is 0 Å². The molecular weight excluding hydrogens is 270 g/mol. The zero-order valence-corrected chi connectivity index (χ0v) is 12.6. The molecule has 0 fully saturated rings. The summed E-state index contributed by atoms with van der Waals surface area (Å²) in [6, 6.07) is 5.87. The predicted molar refractivity (Wildman–Crippen MR) is 79.2 cm³/mol. The highest BCUT2D eigenvalue weighted by Crippen LogP contribution is 2.39. The van der Waals surface area contributed by atoms with Crippen LogP contribution in [0.1, 0.15) is 37.0 Å². The van der Waals surface area contributed by atoms with Crippen molar-refractivity contribution in [2.24, 2.45) is 5.73 Å². The fraction of sp³-hybridized carbons (Fsp3) is 0.562. The van der Waals surface area contributed by atoms with E-state index in [1.165, 1.54) is 5.56 Å². The van der Waals surface area contributed by atoms with Gasteiger partial charge in [0.1, 0.15) is 11.9 Å². The molecule has 5 heteroatoms. The maximum absolute atomic E-state index is 11.3. The smallest absolute Gasteiger partial charge is 0.305 e. The van der Waals surface area contributed by atoms with Gasteiger partial charge < -0.3 is 19.9 Å². The maximum atomic E-state index is 11.3. The Bertz CT molecular complexity index is 489. The van der Waals surface area contributed by atoms with E-state index >= 15 is 0 Å². The molecule has 116 valence electrons. The van der Waals surface area contributed by atoms with Crippen molar-refractivity contribution in [3.63, 3.8) is 0 Å². The molecule has 2 unspecified atom stereocenters. The average Bonchev–Trinajstić information content (AvgIpc) is 2.79. The maximum Gasteiger partial charge on any atom is 0.305 e. The third-order valence-electron chi connectivity index (χ3n) is 3.63. The lowest BCUT2D eigenvalue weighted by Crippen LogP contribution is -2.27. The number of benzene rings is 1. The summed E-state index contributed by atoms with van der Waals surface area (Å²) >= 11 is 0. The van der Waals surface area contributed by atoms with Gasteiger partial charge in [-0.1, -0.05) is 12.1 Å². The van der Waals surface area contributed by atoms with Crippen molar-refractivity contribution in [1.29, 1.82) is 0 Å². The molecule has 1 aromatic carbocycles. The van der Waals surface area contributed by atoms with Crippen LogP contribution in [-0.2, 0) is 20.7 Å². The summed E-state index contributed by atoms with van der Waals surface area (Å²) in [7, 11) is 1.65. The first-order valence-corrected chi connectivity index (χ1v) is 7.36. The van der Waals surface area contributed by atoms with Crippen molar-refractivity contribution >= 4 is 5.97 Å². The van der Waals surface area contributed by atoms with Crippen LogP contribution >= 0.6 is 0 Å². The second-order valence-corrected chi connectivity index (χ2v) is 5.10. The van der Waals surface area contributed by atoms with Crippen LogP contribution in [0, 0.1) is 0 Å². The van der Waals surface area contributed by atoms with Crippen molar-refractivity contribution in [1.82, 2.24) is 0 Å². The molecule has 0 spiro atoms. The summed E-state index contributed by atoms with van der Waals surface area (Å²) in [5.74, 6) is 0.630. The van der Waals surface area contributed by atoms with Crippen molar-refractivity contribution in [2.45, 2.75) is 38.3 Å². The molecule has 0 saturated carbocycles. The van der Waals surface area contributed by atoms with Gasteiger partial charge in [-0.2, -0.15) is 0 Å². The molecule has 0 aliphatic heterocycles. The highest BCUT2D eigenvalue weighted by Gasteiger charge is 2.33. The molecule has 0 heterocycles. The summed E-state index contributed by atoms with van der Waals surface area (Å²) < 4.78 is 16.2. The standard InChI is InChI=1S/C16H23NO4/c1-3-20-14(18)8-5-9-21-16-12(17)10-11-6-4-7-13(19-2)15(11)16/h4,6-7,12,16H,3,5,8-10,17H2,1-2H3. The minimum Gasteiger partial charge on any atom is -0.496 e. The number of methoxy groups -OCH3 is 1. The van der Waals surface area contributed by atoms with Crippen molar-refractivity contribution in [2.75, 3.05) is 20.3 Å². The van der Waals surface area contributed by atoms with Crippen LogP contribution in [0.5, 0.6) is 5.75 Å². The Kier molecular flexibility index (Phi) is 5.59. The number of nitrogens with two attached hydrogens (primary N) is 1. The van der Waals surface area contributed by atoms with Gasteiger partial charge in [0.2, 0.25) is 0 Å². The molecule has 2 atom stereocenters. The minimum absolute atomic E-state index is 0.0705. The van der Waals surface area contributed by atoms with E-state index in [0.717, 1.165) is 17.7 Å². The van der Waals surface area contributed by atoms with Crippen LogP contribution in [0.25, 0.3) is 0 Å². The van der Waals surface area contributed by atoms with Gasteiger partial charge in [-0.05, 0) is 31.4 Å². The number of carbonyl (C=O) groups is 1. The average molecular weight is 293 g/mol. The first-order chi connectivity index (χ1) is 10.2. The summed E-state index contributed by atoms with van der Waals surface area (Å²) in [5, 5.41) is 0. The number of carbonyl (C=O) groups excluding carboxylic acids is 1. The molecule has 0 saturated heterocycles. The lowest BCUT2D eigenvalue weighted by Gasteiger charge is -2.19. The summed E-state index contributed by atoms with van der Waals surface area (Å²) in [6.07, 6.45) is 1.62. The van der Waals surface area contributed by atoms with Crippen LogP contribution in [0.2, 0.25) is 0 Å². The number of esters is 1. The van der Waals surface area contributed by atoms with Gasteiger partial charge in [0, 0.05) is 24.6 Å². The number of hydrogen-bond acceptors (Lipinski definition) is 5. The highest BCUT2D eigenvalue weighted by molar-refractivity contribution is 5.69. The van der Waals surface area contributed by atoms with E-state index in [1.54, 1.807) is 14.0 Å². The van der Waals surface area contributed by atoms with Crippen LogP contribution in [-0.4, -0.2) is 32.3 Å². The first-order valence-electron chi connectivity index (χ1n) is 7.36. The fourth-order valence-electron chi connectivity index (χ4n) is 2.71.